The zero-order chi connectivity index (χ0) is 15.7. The van der Waals surface area contributed by atoms with Gasteiger partial charge in [0, 0.05) is 0 Å². The van der Waals surface area contributed by atoms with Crippen molar-refractivity contribution in [2.45, 2.75) is 43.7 Å². The zero-order valence-corrected chi connectivity index (χ0v) is 16.2. The van der Waals surface area contributed by atoms with Crippen LogP contribution in [0.3, 0.4) is 0 Å². The Kier molecular flexibility index (Phi) is 4.83. The van der Waals surface area contributed by atoms with E-state index >= 15 is 0 Å². The molecule has 0 N–H and O–H groups in total. The van der Waals surface area contributed by atoms with Crippen LogP contribution in [0, 0.1) is 6.92 Å². The molecule has 1 aliphatic carbocycles. The van der Waals surface area contributed by atoms with Crippen molar-refractivity contribution in [3.63, 3.8) is 0 Å². The van der Waals surface area contributed by atoms with Crippen LogP contribution < -0.4 is 0 Å². The first-order chi connectivity index (χ1) is 10.6. The van der Waals surface area contributed by atoms with Crippen LogP contribution >= 0.6 is 0 Å². The van der Waals surface area contributed by atoms with E-state index in [2.05, 4.69) is 63.2 Å². The summed E-state index contributed by atoms with van der Waals surface area (Å²) in [6, 6.07) is 13.9. The second-order valence-corrected chi connectivity index (χ2v) is 7.86. The summed E-state index contributed by atoms with van der Waals surface area (Å²) in [7, 11) is 0. The number of fused-ring (bicyclic) bond motifs is 1. The van der Waals surface area contributed by atoms with E-state index in [4.69, 9.17) is 0 Å². The van der Waals surface area contributed by atoms with Crippen molar-refractivity contribution < 1.29 is 24.7 Å². The van der Waals surface area contributed by atoms with Gasteiger partial charge in [0.1, 0.15) is 0 Å². The van der Waals surface area contributed by atoms with Crippen LogP contribution in [0.4, 0.5) is 0 Å². The van der Waals surface area contributed by atoms with E-state index in [1.165, 1.54) is 58.2 Å². The number of unbranched alkanes of at least 4 members (excludes halogenated alkanes) is 1. The van der Waals surface area contributed by atoms with E-state index in [0.29, 0.717) is 3.63 Å². The molecule has 3 rings (SSSR count). The number of benzene rings is 2. The van der Waals surface area contributed by atoms with Crippen molar-refractivity contribution in [1.29, 1.82) is 0 Å². The molecule has 0 bridgehead atoms. The maximum atomic E-state index is 2.40. The molecule has 0 heterocycles. The molecule has 0 fully saturated rings. The van der Waals surface area contributed by atoms with E-state index in [1.54, 1.807) is 24.7 Å². The van der Waals surface area contributed by atoms with Gasteiger partial charge in [-0.3, -0.25) is 0 Å². The SMILES string of the molecule is CCCCc1ccc(-c2cc(C)cc3c2C=C(C)[CH]3[Zr])cc1. The summed E-state index contributed by atoms with van der Waals surface area (Å²) in [4.78, 5) is 0. The zero-order valence-electron chi connectivity index (χ0n) is 13.7. The molecule has 0 aromatic heterocycles. The monoisotopic (exact) mass is 365 g/mol. The molecule has 2 aromatic rings. The van der Waals surface area contributed by atoms with Crippen LogP contribution in [0.15, 0.2) is 42.0 Å². The minimum atomic E-state index is 0.643. The van der Waals surface area contributed by atoms with Gasteiger partial charge in [-0.05, 0) is 0 Å². The molecule has 0 spiro atoms. The van der Waals surface area contributed by atoms with Gasteiger partial charge in [-0.15, -0.1) is 0 Å². The standard InChI is InChI=1S/C21H23.Zr/c1-4-5-6-17-7-9-18(10-8-17)20-13-15(2)11-19-12-16(3)14-21(19)20;/h7-14H,4-6H2,1-3H3;. The molecule has 1 heteroatoms. The summed E-state index contributed by atoms with van der Waals surface area (Å²) in [6.45, 7) is 6.74. The molecule has 22 heavy (non-hydrogen) atoms. The number of aryl methyl sites for hydroxylation is 2. The molecule has 0 amide bonds. The van der Waals surface area contributed by atoms with Gasteiger partial charge in [-0.2, -0.15) is 0 Å². The number of hydrogen-bond acceptors (Lipinski definition) is 0. The van der Waals surface area contributed by atoms with E-state index in [0.717, 1.165) is 0 Å². The number of hydrogen-bond donors (Lipinski definition) is 0. The first kappa shape index (κ1) is 15.9. The second kappa shape index (κ2) is 6.67. The Hall–Kier alpha value is -0.937. The topological polar surface area (TPSA) is 0 Å². The molecule has 0 saturated carbocycles. The van der Waals surface area contributed by atoms with Crippen LogP contribution in [0.1, 0.15) is 52.6 Å². The van der Waals surface area contributed by atoms with Crippen molar-refractivity contribution in [2.24, 2.45) is 0 Å². The number of rotatable bonds is 4. The van der Waals surface area contributed by atoms with E-state index in [-0.39, 0.29) is 0 Å². The van der Waals surface area contributed by atoms with Crippen LogP contribution in [0.5, 0.6) is 0 Å². The Bertz CT molecular complexity index is 707. The van der Waals surface area contributed by atoms with Crippen LogP contribution in [0.2, 0.25) is 0 Å². The van der Waals surface area contributed by atoms with Gasteiger partial charge in [-0.1, -0.05) is 0 Å². The molecule has 2 aromatic carbocycles. The number of allylic oxidation sites excluding steroid dienone is 1. The minimum absolute atomic E-state index is 0.643. The first-order valence-corrected chi connectivity index (χ1v) is 9.65. The third-order valence-corrected chi connectivity index (χ3v) is 6.46. The van der Waals surface area contributed by atoms with Gasteiger partial charge in [0.25, 0.3) is 0 Å². The van der Waals surface area contributed by atoms with Crippen molar-refractivity contribution in [3.05, 3.63) is 64.2 Å². The van der Waals surface area contributed by atoms with Crippen LogP contribution in [-0.2, 0) is 31.1 Å². The maximum absolute atomic E-state index is 2.40. The molecule has 1 aliphatic rings. The van der Waals surface area contributed by atoms with Gasteiger partial charge in [0.15, 0.2) is 0 Å². The molecule has 0 saturated heterocycles. The van der Waals surface area contributed by atoms with Gasteiger partial charge in [0.05, 0.1) is 0 Å². The molecule has 111 valence electrons. The van der Waals surface area contributed by atoms with Crippen LogP contribution in [-0.4, -0.2) is 0 Å². The summed E-state index contributed by atoms with van der Waals surface area (Å²) in [5.74, 6) is 0. The molecule has 0 radical (unpaired) electrons. The average Bonchev–Trinajstić information content (AvgIpc) is 2.81. The van der Waals surface area contributed by atoms with E-state index in [9.17, 15) is 0 Å². The third kappa shape index (κ3) is 3.06. The Morgan fingerprint density at radius 2 is 1.77 bits per heavy atom. The molecule has 1 unspecified atom stereocenters. The Balaban J connectivity index is 2.01. The van der Waals surface area contributed by atoms with Gasteiger partial charge in [0.2, 0.25) is 0 Å². The molecular weight excluding hydrogens is 343 g/mol. The second-order valence-electron chi connectivity index (χ2n) is 6.44. The first-order valence-electron chi connectivity index (χ1n) is 8.23. The molecule has 1 atom stereocenters. The molecule has 0 aliphatic heterocycles. The average molecular weight is 367 g/mol. The summed E-state index contributed by atoms with van der Waals surface area (Å²) < 4.78 is 0.643. The Labute approximate surface area is 149 Å². The van der Waals surface area contributed by atoms with E-state index < -0.39 is 0 Å². The van der Waals surface area contributed by atoms with Gasteiger partial charge >= 0.3 is 150 Å². The fourth-order valence-electron chi connectivity index (χ4n) is 3.25. The predicted molar refractivity (Wildman–Crippen MR) is 91.6 cm³/mol. The van der Waals surface area contributed by atoms with Gasteiger partial charge < -0.3 is 0 Å². The fraction of sp³-hybridized carbons (Fsp3) is 0.333. The Morgan fingerprint density at radius 3 is 2.45 bits per heavy atom. The summed E-state index contributed by atoms with van der Waals surface area (Å²) >= 11 is 1.59. The van der Waals surface area contributed by atoms with Crippen LogP contribution in [0.25, 0.3) is 17.2 Å². The summed E-state index contributed by atoms with van der Waals surface area (Å²) in [5, 5.41) is 0. The Morgan fingerprint density at radius 1 is 1.05 bits per heavy atom. The molecular formula is C21H23Zr. The molecule has 0 nitrogen and oxygen atoms in total. The van der Waals surface area contributed by atoms with Crippen molar-refractivity contribution >= 4 is 6.08 Å². The van der Waals surface area contributed by atoms with E-state index in [1.807, 2.05) is 0 Å². The predicted octanol–water partition coefficient (Wildman–Crippen LogP) is 6.01. The quantitative estimate of drug-likeness (QED) is 0.621. The van der Waals surface area contributed by atoms with Crippen molar-refractivity contribution in [3.8, 4) is 11.1 Å². The fourth-order valence-corrected chi connectivity index (χ4v) is 4.04. The van der Waals surface area contributed by atoms with Crippen molar-refractivity contribution in [2.75, 3.05) is 0 Å². The normalized spacial score (nSPS) is 16.5. The van der Waals surface area contributed by atoms with Gasteiger partial charge in [-0.25, -0.2) is 0 Å². The third-order valence-electron chi connectivity index (χ3n) is 4.58. The summed E-state index contributed by atoms with van der Waals surface area (Å²) in [6.07, 6.45) is 6.14. The van der Waals surface area contributed by atoms with Crippen molar-refractivity contribution in [1.82, 2.24) is 0 Å². The summed E-state index contributed by atoms with van der Waals surface area (Å²) in [5.41, 5.74) is 10.1.